The Bertz CT molecular complexity index is 589. The maximum atomic E-state index is 10.8. The summed E-state index contributed by atoms with van der Waals surface area (Å²) in [5.41, 5.74) is 1.59. The average Bonchev–Trinajstić information content (AvgIpc) is 2.45. The molecule has 0 aliphatic carbocycles. The number of carbonyl (C=O) groups is 1. The Kier molecular flexibility index (Phi) is 4.70. The summed E-state index contributed by atoms with van der Waals surface area (Å²) in [4.78, 5) is 14.9. The number of nitrogens with zero attached hydrogens (tertiary/aromatic N) is 1. The summed E-state index contributed by atoms with van der Waals surface area (Å²) < 4.78 is 6.62. The van der Waals surface area contributed by atoms with Crippen LogP contribution >= 0.6 is 15.9 Å². The molecule has 0 atom stereocenters. The third-order valence-corrected chi connectivity index (χ3v) is 3.35. The zero-order chi connectivity index (χ0) is 13.7. The van der Waals surface area contributed by atoms with Gasteiger partial charge in [0.25, 0.3) is 0 Å². The van der Waals surface area contributed by atoms with Gasteiger partial charge in [0.2, 0.25) is 5.91 Å². The molecule has 0 spiro atoms. The lowest BCUT2D eigenvalue weighted by Crippen LogP contribution is -2.18. The lowest BCUT2D eigenvalue weighted by Gasteiger charge is -2.09. The topological polar surface area (TPSA) is 71.5 Å². The number of halogens is 1. The third-order valence-electron chi connectivity index (χ3n) is 2.66. The fourth-order valence-corrected chi connectivity index (χ4v) is 2.17. The second-order valence-corrected chi connectivity index (χ2v) is 4.81. The van der Waals surface area contributed by atoms with Crippen molar-refractivity contribution in [3.05, 3.63) is 35.1 Å². The predicted octanol–water partition coefficient (Wildman–Crippen LogP) is 2.66. The molecular formula is C13H13BrN2O3. The maximum Gasteiger partial charge on any atom is 0.243 e. The van der Waals surface area contributed by atoms with Gasteiger partial charge >= 0.3 is 0 Å². The average molecular weight is 325 g/mol. The summed E-state index contributed by atoms with van der Waals surface area (Å²) in [6.45, 7) is 0.409. The molecule has 0 radical (unpaired) electrons. The van der Waals surface area contributed by atoms with Crippen LogP contribution in [0.5, 0.6) is 5.75 Å². The number of pyridine rings is 1. The molecule has 1 aromatic heterocycles. The molecule has 0 saturated heterocycles. The van der Waals surface area contributed by atoms with Crippen LogP contribution in [0.2, 0.25) is 0 Å². The van der Waals surface area contributed by atoms with Crippen molar-refractivity contribution >= 4 is 32.6 Å². The number of aromatic nitrogens is 1. The van der Waals surface area contributed by atoms with Gasteiger partial charge in [-0.15, -0.1) is 0 Å². The zero-order valence-corrected chi connectivity index (χ0v) is 11.7. The van der Waals surface area contributed by atoms with Crippen LogP contribution in [0.3, 0.4) is 0 Å². The first-order chi connectivity index (χ1) is 9.22. The molecule has 100 valence electrons. The van der Waals surface area contributed by atoms with E-state index in [1.807, 2.05) is 18.2 Å². The number of rotatable bonds is 5. The van der Waals surface area contributed by atoms with E-state index >= 15 is 0 Å². The van der Waals surface area contributed by atoms with Crippen LogP contribution in [-0.4, -0.2) is 22.7 Å². The molecule has 0 aliphatic heterocycles. The highest BCUT2D eigenvalue weighted by Crippen LogP contribution is 2.30. The van der Waals surface area contributed by atoms with Crippen LogP contribution in [0.25, 0.3) is 10.8 Å². The monoisotopic (exact) mass is 324 g/mol. The smallest absolute Gasteiger partial charge is 0.243 e. The van der Waals surface area contributed by atoms with E-state index in [1.54, 1.807) is 17.9 Å². The molecule has 2 aromatic rings. The SMILES string of the molecule is O=C(CCCOc1ccc(Br)c2cnccc12)NO. The van der Waals surface area contributed by atoms with Crippen LogP contribution in [0.1, 0.15) is 12.8 Å². The minimum atomic E-state index is -0.409. The van der Waals surface area contributed by atoms with Crippen LogP contribution < -0.4 is 10.2 Å². The Balaban J connectivity index is 2.05. The van der Waals surface area contributed by atoms with Crippen molar-refractivity contribution in [2.24, 2.45) is 0 Å². The lowest BCUT2D eigenvalue weighted by molar-refractivity contribution is -0.129. The molecule has 1 amide bonds. The number of ether oxygens (including phenoxy) is 1. The van der Waals surface area contributed by atoms with Crippen molar-refractivity contribution in [1.82, 2.24) is 10.5 Å². The van der Waals surface area contributed by atoms with E-state index in [0.717, 1.165) is 21.0 Å². The van der Waals surface area contributed by atoms with Crippen molar-refractivity contribution in [3.63, 3.8) is 0 Å². The highest BCUT2D eigenvalue weighted by molar-refractivity contribution is 9.10. The molecule has 0 unspecified atom stereocenters. The van der Waals surface area contributed by atoms with E-state index in [0.29, 0.717) is 13.0 Å². The summed E-state index contributed by atoms with van der Waals surface area (Å²) in [5, 5.41) is 10.3. The van der Waals surface area contributed by atoms with E-state index in [2.05, 4.69) is 20.9 Å². The fourth-order valence-electron chi connectivity index (χ4n) is 1.72. The zero-order valence-electron chi connectivity index (χ0n) is 10.1. The van der Waals surface area contributed by atoms with Gasteiger partial charge < -0.3 is 4.74 Å². The molecule has 0 aliphatic rings. The molecule has 0 fully saturated rings. The molecule has 6 heteroatoms. The second kappa shape index (κ2) is 6.49. The van der Waals surface area contributed by atoms with Crippen LogP contribution in [0.15, 0.2) is 35.1 Å². The minimum absolute atomic E-state index is 0.229. The Morgan fingerprint density at radius 1 is 1.37 bits per heavy atom. The van der Waals surface area contributed by atoms with Gasteiger partial charge in [-0.05, 0) is 24.6 Å². The Morgan fingerprint density at radius 2 is 2.21 bits per heavy atom. The van der Waals surface area contributed by atoms with E-state index in [9.17, 15) is 4.79 Å². The molecule has 5 nitrogen and oxygen atoms in total. The number of hydrogen-bond acceptors (Lipinski definition) is 4. The molecule has 19 heavy (non-hydrogen) atoms. The molecular weight excluding hydrogens is 312 g/mol. The van der Waals surface area contributed by atoms with Gasteiger partial charge in [0.05, 0.1) is 6.61 Å². The quantitative estimate of drug-likeness (QED) is 0.504. The first-order valence-corrected chi connectivity index (χ1v) is 6.59. The number of hydroxylamine groups is 1. The molecule has 0 bridgehead atoms. The van der Waals surface area contributed by atoms with Crippen molar-refractivity contribution in [2.75, 3.05) is 6.61 Å². The number of hydrogen-bond donors (Lipinski definition) is 2. The maximum absolute atomic E-state index is 10.8. The summed E-state index contributed by atoms with van der Waals surface area (Å²) in [7, 11) is 0. The molecule has 1 aromatic carbocycles. The highest BCUT2D eigenvalue weighted by atomic mass is 79.9. The van der Waals surface area contributed by atoms with Gasteiger partial charge in [0.1, 0.15) is 5.75 Å². The van der Waals surface area contributed by atoms with Crippen LogP contribution in [-0.2, 0) is 4.79 Å². The van der Waals surface area contributed by atoms with Crippen molar-refractivity contribution in [3.8, 4) is 5.75 Å². The fraction of sp³-hybridized carbons (Fsp3) is 0.231. The normalized spacial score (nSPS) is 10.4. The number of nitrogens with one attached hydrogen (secondary N) is 1. The van der Waals surface area contributed by atoms with Crippen molar-refractivity contribution < 1.29 is 14.7 Å². The Morgan fingerprint density at radius 3 is 3.00 bits per heavy atom. The number of amides is 1. The standard InChI is InChI=1S/C13H13BrN2O3/c14-11-3-4-12(9-5-6-15-8-10(9)11)19-7-1-2-13(17)16-18/h3-6,8,18H,1-2,7H2,(H,16,17). The van der Waals surface area contributed by atoms with Gasteiger partial charge in [-0.1, -0.05) is 15.9 Å². The van der Waals surface area contributed by atoms with E-state index in [4.69, 9.17) is 9.94 Å². The first kappa shape index (κ1) is 13.8. The van der Waals surface area contributed by atoms with Gasteiger partial charge in [-0.3, -0.25) is 15.0 Å². The Labute approximate surface area is 118 Å². The Hall–Kier alpha value is -1.66. The van der Waals surface area contributed by atoms with Gasteiger partial charge in [-0.25, -0.2) is 5.48 Å². The number of carbonyl (C=O) groups excluding carboxylic acids is 1. The second-order valence-electron chi connectivity index (χ2n) is 3.95. The van der Waals surface area contributed by atoms with Gasteiger partial charge in [0, 0.05) is 34.1 Å². The molecule has 0 saturated carbocycles. The highest BCUT2D eigenvalue weighted by Gasteiger charge is 2.06. The number of fused-ring (bicyclic) bond motifs is 1. The molecule has 2 N–H and O–H groups in total. The molecule has 2 rings (SSSR count). The van der Waals surface area contributed by atoms with Crippen molar-refractivity contribution in [2.45, 2.75) is 12.8 Å². The lowest BCUT2D eigenvalue weighted by atomic mass is 10.1. The van der Waals surface area contributed by atoms with Gasteiger partial charge in [0.15, 0.2) is 0 Å². The van der Waals surface area contributed by atoms with Crippen LogP contribution in [0, 0.1) is 0 Å². The van der Waals surface area contributed by atoms with Crippen LogP contribution in [0.4, 0.5) is 0 Å². The summed E-state index contributed by atoms with van der Waals surface area (Å²) >= 11 is 3.47. The van der Waals surface area contributed by atoms with E-state index < -0.39 is 5.91 Å². The largest absolute Gasteiger partial charge is 0.493 e. The summed E-state index contributed by atoms with van der Waals surface area (Å²) in [5.74, 6) is 0.346. The van der Waals surface area contributed by atoms with Crippen molar-refractivity contribution in [1.29, 1.82) is 0 Å². The van der Waals surface area contributed by atoms with E-state index in [1.165, 1.54) is 0 Å². The molecule has 1 heterocycles. The summed E-state index contributed by atoms with van der Waals surface area (Å²) in [6.07, 6.45) is 4.24. The number of benzene rings is 1. The van der Waals surface area contributed by atoms with Gasteiger partial charge in [-0.2, -0.15) is 0 Å². The predicted molar refractivity (Wildman–Crippen MR) is 74.1 cm³/mol. The third kappa shape index (κ3) is 3.42. The van der Waals surface area contributed by atoms with E-state index in [-0.39, 0.29) is 6.42 Å². The first-order valence-electron chi connectivity index (χ1n) is 5.80. The minimum Gasteiger partial charge on any atom is -0.493 e. The summed E-state index contributed by atoms with van der Waals surface area (Å²) in [6, 6.07) is 5.66.